The van der Waals surface area contributed by atoms with E-state index in [-0.39, 0.29) is 5.95 Å². The Labute approximate surface area is 63.2 Å². The maximum atomic E-state index is 5.62. The molecule has 0 aliphatic rings. The molecule has 10 heavy (non-hydrogen) atoms. The van der Waals surface area contributed by atoms with Crippen LogP contribution < -0.4 is 11.5 Å². The van der Waals surface area contributed by atoms with Crippen molar-refractivity contribution in [3.63, 3.8) is 0 Å². The first-order chi connectivity index (χ1) is 4.74. The fourth-order valence-electron chi connectivity index (χ4n) is 0.535. The molecular formula is C5H7ClN4. The largest absolute Gasteiger partial charge is 0.368 e. The number of hydrogen-bond donors (Lipinski definition) is 2. The number of anilines is 1. The van der Waals surface area contributed by atoms with E-state index in [0.29, 0.717) is 17.3 Å². The van der Waals surface area contributed by atoms with Gasteiger partial charge < -0.3 is 11.5 Å². The van der Waals surface area contributed by atoms with Crippen molar-refractivity contribution in [1.29, 1.82) is 0 Å². The van der Waals surface area contributed by atoms with Gasteiger partial charge in [0, 0.05) is 18.3 Å². The normalized spacial score (nSPS) is 9.80. The van der Waals surface area contributed by atoms with E-state index in [9.17, 15) is 0 Å². The lowest BCUT2D eigenvalue weighted by Gasteiger charge is -1.97. The molecule has 4 nitrogen and oxygen atoms in total. The predicted octanol–water partition coefficient (Wildman–Crippen LogP) is 0.171. The molecule has 1 heterocycles. The highest BCUT2D eigenvalue weighted by molar-refractivity contribution is 6.30. The summed E-state index contributed by atoms with van der Waals surface area (Å²) >= 11 is 5.62. The lowest BCUT2D eigenvalue weighted by atomic mass is 10.3. The molecule has 0 spiro atoms. The molecule has 1 aromatic heterocycles. The Bertz CT molecular complexity index is 237. The molecule has 0 radical (unpaired) electrons. The van der Waals surface area contributed by atoms with Gasteiger partial charge in [-0.25, -0.2) is 9.97 Å². The first-order valence-corrected chi connectivity index (χ1v) is 3.09. The highest BCUT2D eigenvalue weighted by Gasteiger charge is 1.99. The maximum Gasteiger partial charge on any atom is 0.221 e. The second-order valence-corrected chi connectivity index (χ2v) is 2.11. The zero-order valence-corrected chi connectivity index (χ0v) is 5.97. The summed E-state index contributed by atoms with van der Waals surface area (Å²) in [6.45, 7) is 0.332. The number of nitrogens with zero attached hydrogens (tertiary/aromatic N) is 2. The van der Waals surface area contributed by atoms with Gasteiger partial charge in [-0.05, 0) is 0 Å². The van der Waals surface area contributed by atoms with Gasteiger partial charge in [0.2, 0.25) is 5.95 Å². The van der Waals surface area contributed by atoms with Crippen molar-refractivity contribution in [2.45, 2.75) is 6.54 Å². The van der Waals surface area contributed by atoms with Crippen LogP contribution in [0, 0.1) is 0 Å². The van der Waals surface area contributed by atoms with E-state index < -0.39 is 0 Å². The second kappa shape index (κ2) is 2.81. The highest BCUT2D eigenvalue weighted by Crippen LogP contribution is 2.10. The Hall–Kier alpha value is -0.870. The average Bonchev–Trinajstić information content (AvgIpc) is 1.88. The fraction of sp³-hybridized carbons (Fsp3) is 0.200. The van der Waals surface area contributed by atoms with Crippen LogP contribution in [0.4, 0.5) is 5.95 Å². The average molecular weight is 159 g/mol. The molecule has 4 N–H and O–H groups in total. The molecule has 0 saturated heterocycles. The van der Waals surface area contributed by atoms with Crippen LogP contribution in [0.1, 0.15) is 5.56 Å². The zero-order valence-electron chi connectivity index (χ0n) is 5.21. The number of hydrogen-bond acceptors (Lipinski definition) is 4. The molecule has 0 amide bonds. The molecule has 0 aliphatic carbocycles. The monoisotopic (exact) mass is 158 g/mol. The van der Waals surface area contributed by atoms with Crippen LogP contribution in [-0.2, 0) is 6.54 Å². The Balaban J connectivity index is 3.07. The number of nitrogens with two attached hydrogens (primary N) is 2. The summed E-state index contributed by atoms with van der Waals surface area (Å²) in [5.74, 6) is 0.169. The number of rotatable bonds is 1. The van der Waals surface area contributed by atoms with Gasteiger partial charge in [0.15, 0.2) is 0 Å². The van der Waals surface area contributed by atoms with Gasteiger partial charge in [0.1, 0.15) is 5.15 Å². The molecule has 0 saturated carbocycles. The van der Waals surface area contributed by atoms with Crippen LogP contribution >= 0.6 is 11.6 Å². The molecule has 1 rings (SSSR count). The zero-order chi connectivity index (χ0) is 7.56. The highest BCUT2D eigenvalue weighted by atomic mass is 35.5. The summed E-state index contributed by atoms with van der Waals surface area (Å²) in [4.78, 5) is 7.41. The molecule has 0 bridgehead atoms. The van der Waals surface area contributed by atoms with E-state index in [1.807, 2.05) is 0 Å². The molecule has 0 atom stereocenters. The van der Waals surface area contributed by atoms with E-state index >= 15 is 0 Å². The number of nitrogen functional groups attached to an aromatic ring is 1. The summed E-state index contributed by atoms with van der Waals surface area (Å²) < 4.78 is 0. The minimum Gasteiger partial charge on any atom is -0.368 e. The Morgan fingerprint density at radius 2 is 2.30 bits per heavy atom. The molecule has 0 fully saturated rings. The first kappa shape index (κ1) is 7.24. The first-order valence-electron chi connectivity index (χ1n) is 2.71. The lowest BCUT2D eigenvalue weighted by Crippen LogP contribution is -2.02. The summed E-state index contributed by atoms with van der Waals surface area (Å²) in [6, 6.07) is 0. The fourth-order valence-corrected chi connectivity index (χ4v) is 0.748. The molecule has 1 aromatic rings. The van der Waals surface area contributed by atoms with E-state index in [4.69, 9.17) is 23.1 Å². The number of halogens is 1. The summed E-state index contributed by atoms with van der Waals surface area (Å²) in [6.07, 6.45) is 1.52. The van der Waals surface area contributed by atoms with Crippen LogP contribution in [0.25, 0.3) is 0 Å². The summed E-state index contributed by atoms with van der Waals surface area (Å²) in [5.41, 5.74) is 11.2. The SMILES string of the molecule is NCc1cnc(N)nc1Cl. The molecule has 0 unspecified atom stereocenters. The van der Waals surface area contributed by atoms with Crippen molar-refractivity contribution in [2.24, 2.45) is 5.73 Å². The molecule has 0 aliphatic heterocycles. The lowest BCUT2D eigenvalue weighted by molar-refractivity contribution is 1.01. The van der Waals surface area contributed by atoms with Crippen LogP contribution in [0.3, 0.4) is 0 Å². The van der Waals surface area contributed by atoms with Crippen molar-refractivity contribution in [3.8, 4) is 0 Å². The van der Waals surface area contributed by atoms with E-state index in [1.165, 1.54) is 6.20 Å². The van der Waals surface area contributed by atoms with Crippen molar-refractivity contribution in [3.05, 3.63) is 16.9 Å². The summed E-state index contributed by atoms with van der Waals surface area (Å²) in [7, 11) is 0. The van der Waals surface area contributed by atoms with Gasteiger partial charge in [-0.1, -0.05) is 11.6 Å². The minimum atomic E-state index is 0.169. The summed E-state index contributed by atoms with van der Waals surface area (Å²) in [5, 5.41) is 0.329. The van der Waals surface area contributed by atoms with Crippen LogP contribution in [0.5, 0.6) is 0 Å². The maximum absolute atomic E-state index is 5.62. The van der Waals surface area contributed by atoms with E-state index in [2.05, 4.69) is 9.97 Å². The third-order valence-electron chi connectivity index (χ3n) is 1.05. The Morgan fingerprint density at radius 3 is 2.80 bits per heavy atom. The van der Waals surface area contributed by atoms with Crippen LogP contribution in [0.2, 0.25) is 5.15 Å². The Kier molecular flexibility index (Phi) is 2.03. The van der Waals surface area contributed by atoms with Crippen molar-refractivity contribution in [1.82, 2.24) is 9.97 Å². The van der Waals surface area contributed by atoms with Crippen molar-refractivity contribution >= 4 is 17.5 Å². The molecule has 54 valence electrons. The van der Waals surface area contributed by atoms with E-state index in [1.54, 1.807) is 0 Å². The quantitative estimate of drug-likeness (QED) is 0.572. The molecule has 5 heteroatoms. The van der Waals surface area contributed by atoms with Crippen molar-refractivity contribution in [2.75, 3.05) is 5.73 Å². The van der Waals surface area contributed by atoms with Gasteiger partial charge in [0.25, 0.3) is 0 Å². The van der Waals surface area contributed by atoms with Gasteiger partial charge in [-0.3, -0.25) is 0 Å². The van der Waals surface area contributed by atoms with Gasteiger partial charge >= 0.3 is 0 Å². The predicted molar refractivity (Wildman–Crippen MR) is 39.3 cm³/mol. The van der Waals surface area contributed by atoms with Crippen molar-refractivity contribution < 1.29 is 0 Å². The number of aromatic nitrogens is 2. The second-order valence-electron chi connectivity index (χ2n) is 1.75. The van der Waals surface area contributed by atoms with Crippen LogP contribution in [0.15, 0.2) is 6.20 Å². The van der Waals surface area contributed by atoms with E-state index in [0.717, 1.165) is 0 Å². The van der Waals surface area contributed by atoms with Gasteiger partial charge in [-0.15, -0.1) is 0 Å². The van der Waals surface area contributed by atoms with Crippen LogP contribution in [-0.4, -0.2) is 9.97 Å². The Morgan fingerprint density at radius 1 is 1.60 bits per heavy atom. The topological polar surface area (TPSA) is 77.8 Å². The standard InChI is InChI=1S/C5H7ClN4/c6-4-3(1-7)2-9-5(8)10-4/h2H,1,7H2,(H2,8,9,10). The van der Waals surface area contributed by atoms with Gasteiger partial charge in [0.05, 0.1) is 0 Å². The smallest absolute Gasteiger partial charge is 0.221 e. The van der Waals surface area contributed by atoms with Gasteiger partial charge in [-0.2, -0.15) is 0 Å². The third-order valence-corrected chi connectivity index (χ3v) is 1.38. The third kappa shape index (κ3) is 1.34. The minimum absolute atomic E-state index is 0.169. The molecule has 0 aromatic carbocycles. The molecular weight excluding hydrogens is 152 g/mol.